The molecule has 0 saturated heterocycles. The molecule has 0 fully saturated rings. The average Bonchev–Trinajstić information content (AvgIpc) is 1.60. The molecule has 0 rings (SSSR count). The van der Waals surface area contributed by atoms with Crippen LogP contribution in [0.25, 0.3) is 0 Å². The van der Waals surface area contributed by atoms with Crippen molar-refractivity contribution < 1.29 is 8.42 Å². The van der Waals surface area contributed by atoms with Crippen molar-refractivity contribution in [3.63, 3.8) is 0 Å². The monoisotopic (exact) mass is 166 g/mol. The van der Waals surface area contributed by atoms with Crippen molar-refractivity contribution in [1.29, 1.82) is 0 Å². The van der Waals surface area contributed by atoms with Crippen molar-refractivity contribution in [2.75, 3.05) is 13.3 Å². The third-order valence-corrected chi connectivity index (χ3v) is 1.70. The van der Waals surface area contributed by atoms with Gasteiger partial charge < -0.3 is 0 Å². The fourth-order valence-corrected chi connectivity index (χ4v) is 1.10. The summed E-state index contributed by atoms with van der Waals surface area (Å²) < 4.78 is 21.2. The first kappa shape index (κ1) is 9.87. The maximum Gasteiger partial charge on any atom is 0.221 e. The van der Waals surface area contributed by atoms with Crippen molar-refractivity contribution in [2.24, 2.45) is 0 Å². The van der Waals surface area contributed by atoms with Crippen molar-refractivity contribution in [2.45, 2.75) is 19.9 Å². The fraction of sp³-hybridized carbons (Fsp3) is 1.00. The highest BCUT2D eigenvalue weighted by atomic mass is 32.2. The van der Waals surface area contributed by atoms with Gasteiger partial charge in [-0.25, -0.2) is 13.4 Å². The molecule has 0 unspecified atom stereocenters. The highest BCUT2D eigenvalue weighted by molar-refractivity contribution is 7.88. The molecule has 0 heterocycles. The van der Waals surface area contributed by atoms with Gasteiger partial charge in [-0.2, -0.15) is 0 Å². The van der Waals surface area contributed by atoms with E-state index in [0.29, 0.717) is 0 Å². The molecule has 5 heteroatoms. The summed E-state index contributed by atoms with van der Waals surface area (Å²) in [5.41, 5.74) is 0. The van der Waals surface area contributed by atoms with Crippen LogP contribution in [0.2, 0.25) is 0 Å². The lowest BCUT2D eigenvalue weighted by Crippen LogP contribution is -2.42. The lowest BCUT2D eigenvalue weighted by molar-refractivity contribution is 0.241. The van der Waals surface area contributed by atoms with Gasteiger partial charge in [0.15, 0.2) is 0 Å². The molecule has 0 aliphatic heterocycles. The molecule has 0 aromatic rings. The summed E-state index contributed by atoms with van der Waals surface area (Å²) in [5.74, 6) is 0. The Balaban J connectivity index is 3.93. The number of nitrogens with zero attached hydrogens (tertiary/aromatic N) is 1. The minimum atomic E-state index is -3.09. The summed E-state index contributed by atoms with van der Waals surface area (Å²) in [6.07, 6.45) is 1.13. The zero-order valence-electron chi connectivity index (χ0n) is 6.75. The Bertz CT molecular complexity index is 186. The van der Waals surface area contributed by atoms with E-state index in [4.69, 9.17) is 0 Å². The predicted molar refractivity (Wildman–Crippen MR) is 40.9 cm³/mol. The normalized spacial score (nSPS) is 13.0. The van der Waals surface area contributed by atoms with Crippen LogP contribution in [0.4, 0.5) is 0 Å². The second-order valence-corrected chi connectivity index (χ2v) is 4.30. The van der Waals surface area contributed by atoms with Crippen LogP contribution >= 0.6 is 0 Å². The summed E-state index contributed by atoms with van der Waals surface area (Å²) in [6, 6.07) is 0.176. The molecule has 62 valence electrons. The van der Waals surface area contributed by atoms with Gasteiger partial charge in [-0.1, -0.05) is 0 Å². The van der Waals surface area contributed by atoms with Crippen molar-refractivity contribution in [3.8, 4) is 0 Å². The molecule has 0 aliphatic carbocycles. The molecule has 0 saturated carbocycles. The lowest BCUT2D eigenvalue weighted by Gasteiger charge is -2.20. The Morgan fingerprint density at radius 2 is 1.80 bits per heavy atom. The highest BCUT2D eigenvalue weighted by Gasteiger charge is 2.07. The highest BCUT2D eigenvalue weighted by Crippen LogP contribution is 1.89. The quantitative estimate of drug-likeness (QED) is 0.590. The molecule has 4 nitrogen and oxygen atoms in total. The molecule has 0 radical (unpaired) electrons. The van der Waals surface area contributed by atoms with E-state index < -0.39 is 10.0 Å². The van der Waals surface area contributed by atoms with E-state index in [2.05, 4.69) is 4.83 Å². The van der Waals surface area contributed by atoms with Gasteiger partial charge in [0.2, 0.25) is 10.0 Å². The molecule has 0 aromatic heterocycles. The summed E-state index contributed by atoms with van der Waals surface area (Å²) >= 11 is 0. The lowest BCUT2D eigenvalue weighted by atomic mass is 10.4. The second kappa shape index (κ2) is 3.32. The molecule has 1 N–H and O–H groups in total. The van der Waals surface area contributed by atoms with Crippen LogP contribution in [0.3, 0.4) is 0 Å². The maximum absolute atomic E-state index is 10.6. The van der Waals surface area contributed by atoms with Gasteiger partial charge in [0.25, 0.3) is 0 Å². The Labute approximate surface area is 62.2 Å². The number of hydrogen-bond acceptors (Lipinski definition) is 3. The van der Waals surface area contributed by atoms with Gasteiger partial charge in [-0.15, -0.1) is 4.83 Å². The van der Waals surface area contributed by atoms with Gasteiger partial charge in [0.05, 0.1) is 6.26 Å². The molecule has 0 aliphatic rings. The van der Waals surface area contributed by atoms with Crippen LogP contribution in [-0.4, -0.2) is 32.8 Å². The molecule has 0 amide bonds. The minimum Gasteiger partial charge on any atom is -0.231 e. The van der Waals surface area contributed by atoms with E-state index in [1.54, 1.807) is 7.05 Å². The van der Waals surface area contributed by atoms with E-state index in [1.165, 1.54) is 5.01 Å². The van der Waals surface area contributed by atoms with Crippen molar-refractivity contribution in [3.05, 3.63) is 0 Å². The van der Waals surface area contributed by atoms with Gasteiger partial charge in [-0.05, 0) is 13.8 Å². The third-order valence-electron chi connectivity index (χ3n) is 1.08. The maximum atomic E-state index is 10.6. The predicted octanol–water partition coefficient (Wildman–Crippen LogP) is -0.209. The van der Waals surface area contributed by atoms with Crippen LogP contribution in [0, 0.1) is 0 Å². The smallest absolute Gasteiger partial charge is 0.221 e. The van der Waals surface area contributed by atoms with E-state index in [0.717, 1.165) is 6.26 Å². The number of hydrazine groups is 1. The average molecular weight is 166 g/mol. The molecule has 0 atom stereocenters. The largest absolute Gasteiger partial charge is 0.231 e. The summed E-state index contributed by atoms with van der Waals surface area (Å²) in [5, 5.41) is 1.54. The van der Waals surface area contributed by atoms with Crippen LogP contribution in [-0.2, 0) is 10.0 Å². The van der Waals surface area contributed by atoms with Crippen LogP contribution in [0.5, 0.6) is 0 Å². The van der Waals surface area contributed by atoms with E-state index in [-0.39, 0.29) is 6.04 Å². The molecule has 0 aromatic carbocycles. The van der Waals surface area contributed by atoms with E-state index in [9.17, 15) is 8.42 Å². The number of rotatable bonds is 3. The summed E-state index contributed by atoms with van der Waals surface area (Å²) in [7, 11) is -1.41. The van der Waals surface area contributed by atoms with Gasteiger partial charge in [0, 0.05) is 13.1 Å². The summed E-state index contributed by atoms with van der Waals surface area (Å²) in [6.45, 7) is 3.80. The topological polar surface area (TPSA) is 49.4 Å². The second-order valence-electron chi connectivity index (χ2n) is 2.57. The SMILES string of the molecule is CC(C)N(C)NS(C)(=O)=O. The zero-order chi connectivity index (χ0) is 8.36. The Morgan fingerprint density at radius 3 is 1.90 bits per heavy atom. The first-order valence-electron chi connectivity index (χ1n) is 3.03. The van der Waals surface area contributed by atoms with E-state index in [1.807, 2.05) is 13.8 Å². The third kappa shape index (κ3) is 4.72. The molecular weight excluding hydrogens is 152 g/mol. The molecule has 10 heavy (non-hydrogen) atoms. The zero-order valence-corrected chi connectivity index (χ0v) is 7.57. The Morgan fingerprint density at radius 1 is 1.40 bits per heavy atom. The summed E-state index contributed by atoms with van der Waals surface area (Å²) in [4.78, 5) is 2.32. The first-order chi connectivity index (χ1) is 4.33. The van der Waals surface area contributed by atoms with Gasteiger partial charge in [-0.3, -0.25) is 0 Å². The number of sulfonamides is 1. The van der Waals surface area contributed by atoms with Crippen molar-refractivity contribution >= 4 is 10.0 Å². The molecular formula is C5H14N2O2S. The van der Waals surface area contributed by atoms with Crippen LogP contribution in [0.1, 0.15) is 13.8 Å². The molecule has 0 spiro atoms. The molecule has 0 bridgehead atoms. The van der Waals surface area contributed by atoms with E-state index >= 15 is 0 Å². The Kier molecular flexibility index (Phi) is 3.27. The van der Waals surface area contributed by atoms with Gasteiger partial charge in [0.1, 0.15) is 0 Å². The fourth-order valence-electron chi connectivity index (χ4n) is 0.367. The van der Waals surface area contributed by atoms with Gasteiger partial charge >= 0.3 is 0 Å². The Hall–Kier alpha value is -0.130. The van der Waals surface area contributed by atoms with Crippen LogP contribution in [0.15, 0.2) is 0 Å². The number of nitrogens with one attached hydrogen (secondary N) is 1. The minimum absolute atomic E-state index is 0.176. The standard InChI is InChI=1S/C5H14N2O2S/c1-5(2)7(3)6-10(4,8)9/h5-6H,1-4H3. The van der Waals surface area contributed by atoms with Crippen LogP contribution < -0.4 is 4.83 Å². The van der Waals surface area contributed by atoms with Crippen molar-refractivity contribution in [1.82, 2.24) is 9.84 Å². The number of hydrogen-bond donors (Lipinski definition) is 1. The first-order valence-corrected chi connectivity index (χ1v) is 4.92.